The topological polar surface area (TPSA) is 36.9 Å². The summed E-state index contributed by atoms with van der Waals surface area (Å²) in [5.41, 5.74) is 7.78. The molecule has 1 aromatic rings. The van der Waals surface area contributed by atoms with Crippen LogP contribution in [-0.4, -0.2) is 28.4 Å². The zero-order chi connectivity index (χ0) is 26.4. The predicted octanol–water partition coefficient (Wildman–Crippen LogP) is 8.72. The maximum absolute atomic E-state index is 5.71. The van der Waals surface area contributed by atoms with Crippen LogP contribution in [0.5, 0.6) is 23.0 Å². The second-order valence-electron chi connectivity index (χ2n) is 9.49. The Kier molecular flexibility index (Phi) is 14.0. The Labute approximate surface area is 214 Å². The molecule has 0 aliphatic rings. The Morgan fingerprint density at radius 3 is 1.37 bits per heavy atom. The summed E-state index contributed by atoms with van der Waals surface area (Å²) in [5.74, 6) is 2.52. The lowest BCUT2D eigenvalue weighted by Gasteiger charge is -2.21. The summed E-state index contributed by atoms with van der Waals surface area (Å²) >= 11 is 0. The van der Waals surface area contributed by atoms with Crippen LogP contribution in [0.15, 0.2) is 46.6 Å². The molecule has 0 fully saturated rings. The van der Waals surface area contributed by atoms with E-state index < -0.39 is 0 Å². The molecule has 4 heteroatoms. The second kappa shape index (κ2) is 16.1. The van der Waals surface area contributed by atoms with Crippen LogP contribution in [0.1, 0.15) is 84.3 Å². The molecule has 0 radical (unpaired) electrons. The van der Waals surface area contributed by atoms with Gasteiger partial charge in [-0.3, -0.25) is 0 Å². The number of ether oxygens (including phenoxy) is 4. The van der Waals surface area contributed by atoms with Crippen LogP contribution in [0, 0.1) is 6.92 Å². The van der Waals surface area contributed by atoms with E-state index in [0.29, 0.717) is 23.0 Å². The van der Waals surface area contributed by atoms with Gasteiger partial charge in [0.15, 0.2) is 11.5 Å². The van der Waals surface area contributed by atoms with Crippen molar-refractivity contribution in [1.29, 1.82) is 0 Å². The second-order valence-corrected chi connectivity index (χ2v) is 9.49. The molecule has 0 aliphatic heterocycles. The average molecular weight is 485 g/mol. The molecule has 35 heavy (non-hydrogen) atoms. The summed E-state index contributed by atoms with van der Waals surface area (Å²) in [4.78, 5) is 0. The fourth-order valence-electron chi connectivity index (χ4n) is 4.16. The molecule has 1 rings (SSSR count). The lowest BCUT2D eigenvalue weighted by molar-refractivity contribution is 0.302. The highest BCUT2D eigenvalue weighted by molar-refractivity contribution is 5.67. The predicted molar refractivity (Wildman–Crippen MR) is 149 cm³/mol. The van der Waals surface area contributed by atoms with E-state index in [2.05, 4.69) is 58.9 Å². The van der Waals surface area contributed by atoms with E-state index in [0.717, 1.165) is 56.1 Å². The average Bonchev–Trinajstić information content (AvgIpc) is 2.81. The molecule has 1 aromatic carbocycles. The number of allylic oxidation sites excluding steroid dienone is 8. The molecule has 0 spiro atoms. The van der Waals surface area contributed by atoms with Crippen molar-refractivity contribution in [2.75, 3.05) is 28.4 Å². The minimum absolute atomic E-state index is 0.562. The largest absolute Gasteiger partial charge is 0.492 e. The van der Waals surface area contributed by atoms with Crippen molar-refractivity contribution in [3.8, 4) is 23.0 Å². The highest BCUT2D eigenvalue weighted by Crippen LogP contribution is 2.49. The molecular formula is C31H48O4. The molecule has 196 valence electrons. The van der Waals surface area contributed by atoms with Gasteiger partial charge in [-0.05, 0) is 86.5 Å². The maximum atomic E-state index is 5.71. The van der Waals surface area contributed by atoms with Crippen LogP contribution in [0.2, 0.25) is 0 Å². The van der Waals surface area contributed by atoms with E-state index in [-0.39, 0.29) is 0 Å². The molecule has 0 N–H and O–H groups in total. The monoisotopic (exact) mass is 484 g/mol. The van der Waals surface area contributed by atoms with Gasteiger partial charge in [0.05, 0.1) is 28.4 Å². The molecule has 4 nitrogen and oxygen atoms in total. The van der Waals surface area contributed by atoms with Gasteiger partial charge in [0.2, 0.25) is 11.5 Å². The highest BCUT2D eigenvalue weighted by Gasteiger charge is 2.24. The Morgan fingerprint density at radius 1 is 0.543 bits per heavy atom. The molecule has 0 saturated heterocycles. The zero-order valence-corrected chi connectivity index (χ0v) is 23.9. The van der Waals surface area contributed by atoms with Gasteiger partial charge in [-0.15, -0.1) is 0 Å². The third-order valence-corrected chi connectivity index (χ3v) is 6.31. The van der Waals surface area contributed by atoms with Crippen molar-refractivity contribution in [3.05, 3.63) is 57.7 Å². The minimum atomic E-state index is 0.562. The number of hydrogen-bond donors (Lipinski definition) is 0. The first kappa shape index (κ1) is 30.4. The normalized spacial score (nSPS) is 12.5. The fraction of sp³-hybridized carbons (Fsp3) is 0.548. The van der Waals surface area contributed by atoms with Crippen LogP contribution in [-0.2, 0) is 6.42 Å². The van der Waals surface area contributed by atoms with Crippen molar-refractivity contribution < 1.29 is 18.9 Å². The molecule has 0 aliphatic carbocycles. The van der Waals surface area contributed by atoms with Crippen LogP contribution in [0.25, 0.3) is 0 Å². The minimum Gasteiger partial charge on any atom is -0.492 e. The Morgan fingerprint density at radius 2 is 0.943 bits per heavy atom. The van der Waals surface area contributed by atoms with Crippen molar-refractivity contribution in [1.82, 2.24) is 0 Å². The van der Waals surface area contributed by atoms with Gasteiger partial charge in [0.25, 0.3) is 0 Å². The first-order valence-corrected chi connectivity index (χ1v) is 12.7. The number of benzene rings is 1. The van der Waals surface area contributed by atoms with Gasteiger partial charge < -0.3 is 18.9 Å². The third kappa shape index (κ3) is 9.87. The lowest BCUT2D eigenvalue weighted by atomic mass is 9.99. The zero-order valence-electron chi connectivity index (χ0n) is 23.9. The van der Waals surface area contributed by atoms with Gasteiger partial charge in [-0.1, -0.05) is 46.6 Å². The summed E-state index contributed by atoms with van der Waals surface area (Å²) in [6.07, 6.45) is 16.8. The van der Waals surface area contributed by atoms with Gasteiger partial charge >= 0.3 is 0 Å². The number of methoxy groups -OCH3 is 4. The van der Waals surface area contributed by atoms with Gasteiger partial charge in [0.1, 0.15) is 0 Å². The van der Waals surface area contributed by atoms with E-state index in [1.165, 1.54) is 22.3 Å². The molecule has 0 amide bonds. The Hall–Kier alpha value is -2.62. The highest BCUT2D eigenvalue weighted by atomic mass is 16.5. The van der Waals surface area contributed by atoms with Crippen LogP contribution < -0.4 is 18.9 Å². The summed E-state index contributed by atoms with van der Waals surface area (Å²) < 4.78 is 22.5. The molecule has 0 heterocycles. The number of hydrogen-bond acceptors (Lipinski definition) is 4. The van der Waals surface area contributed by atoms with Crippen LogP contribution in [0.3, 0.4) is 0 Å². The molecule has 0 aromatic heterocycles. The lowest BCUT2D eigenvalue weighted by Crippen LogP contribution is -2.04. The summed E-state index contributed by atoms with van der Waals surface area (Å²) in [5, 5.41) is 0. The molecular weight excluding hydrogens is 436 g/mol. The Bertz CT molecular complexity index is 928. The quantitative estimate of drug-likeness (QED) is 0.233. The first-order chi connectivity index (χ1) is 16.7. The first-order valence-electron chi connectivity index (χ1n) is 12.7. The smallest absolute Gasteiger partial charge is 0.207 e. The van der Waals surface area contributed by atoms with Gasteiger partial charge in [-0.2, -0.15) is 0 Å². The number of rotatable bonds is 15. The Balaban J connectivity index is 2.74. The standard InChI is InChI=1S/C31H48O4/c1-22(2)14-11-15-23(3)16-12-17-24(4)18-13-19-25(5)20-21-27-26(6)28(32-7)30(34-9)31(35-10)29(27)33-8/h14,16,18,20H,11-13,15,17,19,21H2,1-10H3/b23-16+,24-18-,25-20-. The SMILES string of the molecule is COc1c(C)c(C/C=C(/C)CC/C=C(/C)CC/C=C(\C)CCC=C(C)C)c(OC)c(OC)c1OC. The van der Waals surface area contributed by atoms with E-state index in [4.69, 9.17) is 18.9 Å². The summed E-state index contributed by atoms with van der Waals surface area (Å²) in [6.45, 7) is 13.0. The maximum Gasteiger partial charge on any atom is 0.207 e. The third-order valence-electron chi connectivity index (χ3n) is 6.31. The van der Waals surface area contributed by atoms with Crippen molar-refractivity contribution in [3.63, 3.8) is 0 Å². The van der Waals surface area contributed by atoms with Crippen molar-refractivity contribution >= 4 is 0 Å². The summed E-state index contributed by atoms with van der Waals surface area (Å²) in [7, 11) is 6.55. The molecule has 0 saturated carbocycles. The van der Waals surface area contributed by atoms with E-state index in [9.17, 15) is 0 Å². The van der Waals surface area contributed by atoms with Gasteiger partial charge in [0, 0.05) is 11.1 Å². The molecule has 0 atom stereocenters. The van der Waals surface area contributed by atoms with E-state index in [1.54, 1.807) is 28.4 Å². The van der Waals surface area contributed by atoms with Gasteiger partial charge in [-0.25, -0.2) is 0 Å². The van der Waals surface area contributed by atoms with Crippen LogP contribution in [0.4, 0.5) is 0 Å². The van der Waals surface area contributed by atoms with E-state index in [1.807, 2.05) is 6.92 Å². The van der Waals surface area contributed by atoms with E-state index >= 15 is 0 Å². The van der Waals surface area contributed by atoms with Crippen molar-refractivity contribution in [2.24, 2.45) is 0 Å². The van der Waals surface area contributed by atoms with Crippen LogP contribution >= 0.6 is 0 Å². The van der Waals surface area contributed by atoms with Crippen molar-refractivity contribution in [2.45, 2.75) is 86.5 Å². The summed E-state index contributed by atoms with van der Waals surface area (Å²) in [6, 6.07) is 0. The molecule has 0 bridgehead atoms. The molecule has 0 unspecified atom stereocenters. The fourth-order valence-corrected chi connectivity index (χ4v) is 4.16.